The Labute approximate surface area is 107 Å². The number of nitrogens with one attached hydrogen (secondary N) is 2. The van der Waals surface area contributed by atoms with Gasteiger partial charge in [-0.15, -0.1) is 0 Å². The molecule has 0 fully saturated rings. The van der Waals surface area contributed by atoms with E-state index in [0.717, 1.165) is 11.3 Å². The second-order valence-electron chi connectivity index (χ2n) is 4.03. The first-order valence-electron chi connectivity index (χ1n) is 5.82. The van der Waals surface area contributed by atoms with Gasteiger partial charge in [-0.25, -0.2) is 4.79 Å². The van der Waals surface area contributed by atoms with E-state index in [1.807, 2.05) is 31.2 Å². The number of benzene rings is 1. The maximum absolute atomic E-state index is 11.5. The minimum atomic E-state index is -0.199. The fraction of sp³-hybridized carbons (Fsp3) is 0.462. The van der Waals surface area contributed by atoms with Crippen molar-refractivity contribution in [2.45, 2.75) is 19.5 Å². The number of hydrogen-bond donors (Lipinski definition) is 2. The largest absolute Gasteiger partial charge is 0.497 e. The number of methoxy groups -OCH3 is 2. The summed E-state index contributed by atoms with van der Waals surface area (Å²) in [5.74, 6) is 0.803. The summed E-state index contributed by atoms with van der Waals surface area (Å²) in [6.07, 6.45) is 0. The van der Waals surface area contributed by atoms with Crippen LogP contribution in [0.4, 0.5) is 4.79 Å². The third-order valence-corrected chi connectivity index (χ3v) is 2.41. The fourth-order valence-electron chi connectivity index (χ4n) is 1.49. The summed E-state index contributed by atoms with van der Waals surface area (Å²) < 4.78 is 10.00. The van der Waals surface area contributed by atoms with E-state index >= 15 is 0 Å². The first-order valence-corrected chi connectivity index (χ1v) is 5.82. The molecule has 100 valence electrons. The summed E-state index contributed by atoms with van der Waals surface area (Å²) in [6.45, 7) is 2.86. The van der Waals surface area contributed by atoms with Gasteiger partial charge in [-0.1, -0.05) is 12.1 Å². The normalized spacial score (nSPS) is 11.7. The number of ether oxygens (including phenoxy) is 2. The summed E-state index contributed by atoms with van der Waals surface area (Å²) in [4.78, 5) is 11.5. The van der Waals surface area contributed by atoms with Crippen LogP contribution in [0.1, 0.15) is 12.5 Å². The van der Waals surface area contributed by atoms with Crippen molar-refractivity contribution in [2.24, 2.45) is 0 Å². The van der Waals surface area contributed by atoms with E-state index in [9.17, 15) is 4.79 Å². The summed E-state index contributed by atoms with van der Waals surface area (Å²) in [5.41, 5.74) is 1.02. The van der Waals surface area contributed by atoms with Crippen LogP contribution in [-0.2, 0) is 11.3 Å². The van der Waals surface area contributed by atoms with Crippen LogP contribution in [0.2, 0.25) is 0 Å². The van der Waals surface area contributed by atoms with Crippen molar-refractivity contribution in [1.82, 2.24) is 10.6 Å². The predicted octanol–water partition coefficient (Wildman–Crippen LogP) is 1.53. The molecule has 0 aliphatic heterocycles. The Morgan fingerprint density at radius 2 is 1.94 bits per heavy atom. The monoisotopic (exact) mass is 252 g/mol. The Balaban J connectivity index is 2.33. The standard InChI is InChI=1S/C13H20N2O3/c1-10(9-17-2)15-13(16)14-8-11-4-6-12(18-3)7-5-11/h4-7,10H,8-9H2,1-3H3,(H2,14,15,16). The number of carbonyl (C=O) groups is 1. The van der Waals surface area contributed by atoms with Gasteiger partial charge in [0, 0.05) is 13.7 Å². The lowest BCUT2D eigenvalue weighted by Crippen LogP contribution is -2.42. The molecule has 5 heteroatoms. The van der Waals surface area contributed by atoms with E-state index in [0.29, 0.717) is 13.2 Å². The first kappa shape index (κ1) is 14.3. The summed E-state index contributed by atoms with van der Waals surface area (Å²) in [6, 6.07) is 7.35. The summed E-state index contributed by atoms with van der Waals surface area (Å²) in [5, 5.41) is 5.55. The van der Waals surface area contributed by atoms with Gasteiger partial charge in [0.15, 0.2) is 0 Å². The Morgan fingerprint density at radius 3 is 2.50 bits per heavy atom. The smallest absolute Gasteiger partial charge is 0.315 e. The van der Waals surface area contributed by atoms with E-state index in [1.54, 1.807) is 14.2 Å². The molecule has 0 aromatic heterocycles. The number of urea groups is 1. The molecule has 0 saturated carbocycles. The molecule has 0 aliphatic carbocycles. The zero-order valence-corrected chi connectivity index (χ0v) is 11.0. The minimum absolute atomic E-state index is 0.00846. The van der Waals surface area contributed by atoms with E-state index in [-0.39, 0.29) is 12.1 Å². The average molecular weight is 252 g/mol. The van der Waals surface area contributed by atoms with Gasteiger partial charge >= 0.3 is 6.03 Å². The van der Waals surface area contributed by atoms with Gasteiger partial charge in [0.1, 0.15) is 5.75 Å². The molecular weight excluding hydrogens is 232 g/mol. The number of hydrogen-bond acceptors (Lipinski definition) is 3. The topological polar surface area (TPSA) is 59.6 Å². The molecule has 1 rings (SSSR count). The van der Waals surface area contributed by atoms with E-state index < -0.39 is 0 Å². The van der Waals surface area contributed by atoms with Gasteiger partial charge in [0.25, 0.3) is 0 Å². The lowest BCUT2D eigenvalue weighted by atomic mass is 10.2. The molecule has 18 heavy (non-hydrogen) atoms. The Morgan fingerprint density at radius 1 is 1.28 bits per heavy atom. The summed E-state index contributed by atoms with van der Waals surface area (Å²) >= 11 is 0. The maximum atomic E-state index is 11.5. The highest BCUT2D eigenvalue weighted by molar-refractivity contribution is 5.74. The van der Waals surface area contributed by atoms with Gasteiger partial charge < -0.3 is 20.1 Å². The minimum Gasteiger partial charge on any atom is -0.497 e. The number of amides is 2. The second-order valence-corrected chi connectivity index (χ2v) is 4.03. The molecular formula is C13H20N2O3. The second kappa shape index (κ2) is 7.55. The van der Waals surface area contributed by atoms with Crippen LogP contribution in [0, 0.1) is 0 Å². The molecule has 2 N–H and O–H groups in total. The quantitative estimate of drug-likeness (QED) is 0.807. The number of rotatable bonds is 6. The lowest BCUT2D eigenvalue weighted by molar-refractivity contribution is 0.171. The lowest BCUT2D eigenvalue weighted by Gasteiger charge is -2.13. The molecule has 0 heterocycles. The molecule has 0 radical (unpaired) electrons. The van der Waals surface area contributed by atoms with Crippen LogP contribution in [-0.4, -0.2) is 32.9 Å². The van der Waals surface area contributed by atoms with Gasteiger partial charge in [-0.3, -0.25) is 0 Å². The fourth-order valence-corrected chi connectivity index (χ4v) is 1.49. The Bertz CT molecular complexity index is 365. The zero-order chi connectivity index (χ0) is 13.4. The van der Waals surface area contributed by atoms with Crippen LogP contribution in [0.25, 0.3) is 0 Å². The number of carbonyl (C=O) groups excluding carboxylic acids is 1. The summed E-state index contributed by atoms with van der Waals surface area (Å²) in [7, 11) is 3.23. The van der Waals surface area contributed by atoms with Crippen LogP contribution >= 0.6 is 0 Å². The SMILES string of the molecule is COCC(C)NC(=O)NCc1ccc(OC)cc1. The van der Waals surface area contributed by atoms with E-state index in [4.69, 9.17) is 9.47 Å². The molecule has 0 spiro atoms. The van der Waals surface area contributed by atoms with Gasteiger partial charge in [-0.2, -0.15) is 0 Å². The van der Waals surface area contributed by atoms with Crippen molar-refractivity contribution in [3.8, 4) is 5.75 Å². The van der Waals surface area contributed by atoms with Crippen molar-refractivity contribution in [1.29, 1.82) is 0 Å². The van der Waals surface area contributed by atoms with E-state index in [2.05, 4.69) is 10.6 Å². The molecule has 0 bridgehead atoms. The van der Waals surface area contributed by atoms with Crippen molar-refractivity contribution in [2.75, 3.05) is 20.8 Å². The molecule has 1 atom stereocenters. The van der Waals surface area contributed by atoms with Gasteiger partial charge in [-0.05, 0) is 24.6 Å². The molecule has 0 aliphatic rings. The molecule has 0 saturated heterocycles. The average Bonchev–Trinajstić information content (AvgIpc) is 2.37. The third-order valence-electron chi connectivity index (χ3n) is 2.41. The van der Waals surface area contributed by atoms with Crippen LogP contribution in [0.5, 0.6) is 5.75 Å². The van der Waals surface area contributed by atoms with E-state index in [1.165, 1.54) is 0 Å². The van der Waals surface area contributed by atoms with Crippen molar-refractivity contribution in [3.05, 3.63) is 29.8 Å². The molecule has 1 aromatic rings. The van der Waals surface area contributed by atoms with Crippen LogP contribution in [0.3, 0.4) is 0 Å². The van der Waals surface area contributed by atoms with Crippen LogP contribution < -0.4 is 15.4 Å². The molecule has 1 unspecified atom stereocenters. The highest BCUT2D eigenvalue weighted by Crippen LogP contribution is 2.10. The molecule has 2 amide bonds. The van der Waals surface area contributed by atoms with Crippen LogP contribution in [0.15, 0.2) is 24.3 Å². The highest BCUT2D eigenvalue weighted by Gasteiger charge is 2.05. The zero-order valence-electron chi connectivity index (χ0n) is 11.0. The van der Waals surface area contributed by atoms with Gasteiger partial charge in [0.05, 0.1) is 19.8 Å². The molecule has 5 nitrogen and oxygen atoms in total. The van der Waals surface area contributed by atoms with Crippen molar-refractivity contribution in [3.63, 3.8) is 0 Å². The maximum Gasteiger partial charge on any atom is 0.315 e. The molecule has 1 aromatic carbocycles. The highest BCUT2D eigenvalue weighted by atomic mass is 16.5. The Hall–Kier alpha value is -1.75. The third kappa shape index (κ3) is 5.05. The van der Waals surface area contributed by atoms with Crippen molar-refractivity contribution < 1.29 is 14.3 Å². The predicted molar refractivity (Wildman–Crippen MR) is 69.7 cm³/mol. The Kier molecular flexibility index (Phi) is 6.00. The van der Waals surface area contributed by atoms with Crippen molar-refractivity contribution >= 4 is 6.03 Å². The first-order chi connectivity index (χ1) is 8.65. The van der Waals surface area contributed by atoms with Gasteiger partial charge in [0.2, 0.25) is 0 Å².